The quantitative estimate of drug-likeness (QED) is 0.669. The van der Waals surface area contributed by atoms with Gasteiger partial charge in [0.25, 0.3) is 5.91 Å². The lowest BCUT2D eigenvalue weighted by Gasteiger charge is -2.19. The lowest BCUT2D eigenvalue weighted by molar-refractivity contribution is 0.0244. The summed E-state index contributed by atoms with van der Waals surface area (Å²) in [6.07, 6.45) is 2.54. The summed E-state index contributed by atoms with van der Waals surface area (Å²) >= 11 is 0. The minimum Gasteiger partial charge on any atom is -0.301 e. The van der Waals surface area contributed by atoms with Crippen LogP contribution in [0.2, 0.25) is 0 Å². The summed E-state index contributed by atoms with van der Waals surface area (Å²) in [4.78, 5) is 19.6. The van der Waals surface area contributed by atoms with Gasteiger partial charge in [-0.3, -0.25) is 9.63 Å². The maximum absolute atomic E-state index is 12.0. The summed E-state index contributed by atoms with van der Waals surface area (Å²) in [5.41, 5.74) is 4.46. The number of nitrogens with one attached hydrogen (secondary N) is 1. The minimum absolute atomic E-state index is 0.0984. The lowest BCUT2D eigenvalue weighted by Crippen LogP contribution is -2.30. The highest BCUT2D eigenvalue weighted by Gasteiger charge is 2.14. The number of hydrogen-bond donors (Lipinski definition) is 1. The van der Waals surface area contributed by atoms with Gasteiger partial charge in [-0.2, -0.15) is 0 Å². The van der Waals surface area contributed by atoms with E-state index in [4.69, 9.17) is 4.84 Å². The van der Waals surface area contributed by atoms with Gasteiger partial charge < -0.3 is 4.90 Å². The van der Waals surface area contributed by atoms with Crippen molar-refractivity contribution in [3.8, 4) is 0 Å². The van der Waals surface area contributed by atoms with Crippen LogP contribution in [0.15, 0.2) is 24.3 Å². The van der Waals surface area contributed by atoms with E-state index in [1.165, 1.54) is 18.4 Å². The first kappa shape index (κ1) is 16.0. The van der Waals surface area contributed by atoms with Crippen molar-refractivity contribution >= 4 is 5.91 Å². The molecule has 1 saturated heterocycles. The second kappa shape index (κ2) is 7.05. The fraction of sp³-hybridized carbons (Fsp3) is 0.588. The molecule has 4 heteroatoms. The molecular weight excluding hydrogens is 264 g/mol. The van der Waals surface area contributed by atoms with E-state index in [-0.39, 0.29) is 11.3 Å². The molecule has 0 aromatic heterocycles. The Labute approximate surface area is 127 Å². The van der Waals surface area contributed by atoms with Gasteiger partial charge in [0.2, 0.25) is 0 Å². The molecule has 0 radical (unpaired) electrons. The number of nitrogens with zero attached hydrogens (tertiary/aromatic N) is 1. The van der Waals surface area contributed by atoms with Crippen molar-refractivity contribution in [1.82, 2.24) is 10.4 Å². The van der Waals surface area contributed by atoms with Gasteiger partial charge in [0.05, 0.1) is 6.61 Å². The Balaban J connectivity index is 1.75. The van der Waals surface area contributed by atoms with Gasteiger partial charge in [-0.15, -0.1) is 0 Å². The normalized spacial score (nSPS) is 16.1. The Morgan fingerprint density at radius 1 is 1.19 bits per heavy atom. The number of carbonyl (C=O) groups excluding carboxylic acids is 1. The number of hydrogen-bond acceptors (Lipinski definition) is 3. The second-order valence-electron chi connectivity index (χ2n) is 6.66. The first-order valence-corrected chi connectivity index (χ1v) is 7.72. The molecule has 1 N–H and O–H groups in total. The predicted molar refractivity (Wildman–Crippen MR) is 84.2 cm³/mol. The summed E-state index contributed by atoms with van der Waals surface area (Å²) in [6, 6.07) is 7.69. The number of hydroxylamine groups is 1. The molecule has 0 spiro atoms. The summed E-state index contributed by atoms with van der Waals surface area (Å²) in [7, 11) is 0. The zero-order valence-corrected chi connectivity index (χ0v) is 13.3. The molecule has 0 bridgehead atoms. The Morgan fingerprint density at radius 2 is 1.81 bits per heavy atom. The summed E-state index contributed by atoms with van der Waals surface area (Å²) in [5, 5.41) is 0. The Hall–Kier alpha value is -1.39. The maximum atomic E-state index is 12.0. The lowest BCUT2D eigenvalue weighted by atomic mass is 9.87. The van der Waals surface area contributed by atoms with E-state index in [2.05, 4.69) is 31.2 Å². The molecular formula is C17H26N2O2. The average molecular weight is 290 g/mol. The Kier molecular flexibility index (Phi) is 5.37. The highest BCUT2D eigenvalue weighted by Crippen LogP contribution is 2.22. The van der Waals surface area contributed by atoms with Crippen LogP contribution in [0.3, 0.4) is 0 Å². The summed E-state index contributed by atoms with van der Waals surface area (Å²) < 4.78 is 0. The molecule has 1 aromatic rings. The molecule has 1 amide bonds. The topological polar surface area (TPSA) is 41.6 Å². The van der Waals surface area contributed by atoms with Crippen LogP contribution in [0.1, 0.15) is 49.5 Å². The molecule has 1 fully saturated rings. The van der Waals surface area contributed by atoms with Crippen molar-refractivity contribution in [1.29, 1.82) is 0 Å². The molecule has 1 aliphatic heterocycles. The fourth-order valence-corrected chi connectivity index (χ4v) is 2.48. The van der Waals surface area contributed by atoms with Crippen molar-refractivity contribution in [3.63, 3.8) is 0 Å². The molecule has 0 atom stereocenters. The van der Waals surface area contributed by atoms with Crippen molar-refractivity contribution in [2.45, 2.75) is 39.0 Å². The van der Waals surface area contributed by atoms with Crippen LogP contribution in [-0.4, -0.2) is 37.0 Å². The van der Waals surface area contributed by atoms with Crippen LogP contribution >= 0.6 is 0 Å². The second-order valence-corrected chi connectivity index (χ2v) is 6.66. The van der Waals surface area contributed by atoms with Crippen LogP contribution in [0.25, 0.3) is 0 Å². The van der Waals surface area contributed by atoms with Gasteiger partial charge >= 0.3 is 0 Å². The van der Waals surface area contributed by atoms with Gasteiger partial charge in [0.1, 0.15) is 0 Å². The van der Waals surface area contributed by atoms with Gasteiger partial charge in [0.15, 0.2) is 0 Å². The third-order valence-corrected chi connectivity index (χ3v) is 3.89. The summed E-state index contributed by atoms with van der Waals surface area (Å²) in [5.74, 6) is -0.183. The van der Waals surface area contributed by atoms with Crippen LogP contribution in [0.5, 0.6) is 0 Å². The molecule has 0 aliphatic carbocycles. The van der Waals surface area contributed by atoms with E-state index >= 15 is 0 Å². The fourth-order valence-electron chi connectivity index (χ4n) is 2.48. The maximum Gasteiger partial charge on any atom is 0.274 e. The number of carbonyl (C=O) groups is 1. The van der Waals surface area contributed by atoms with E-state index in [9.17, 15) is 4.79 Å². The molecule has 21 heavy (non-hydrogen) atoms. The molecule has 0 saturated carbocycles. The first-order chi connectivity index (χ1) is 9.97. The van der Waals surface area contributed by atoms with E-state index in [1.54, 1.807) is 0 Å². The molecule has 2 rings (SSSR count). The van der Waals surface area contributed by atoms with Crippen molar-refractivity contribution in [2.24, 2.45) is 0 Å². The first-order valence-electron chi connectivity index (χ1n) is 7.72. The van der Waals surface area contributed by atoms with Gasteiger partial charge in [-0.05, 0) is 49.0 Å². The minimum atomic E-state index is -0.183. The zero-order valence-electron chi connectivity index (χ0n) is 13.3. The van der Waals surface area contributed by atoms with Crippen molar-refractivity contribution < 1.29 is 9.63 Å². The Morgan fingerprint density at radius 3 is 2.38 bits per heavy atom. The SMILES string of the molecule is CC(C)(C)c1ccc(C(=O)NOCCN2CCCC2)cc1. The van der Waals surface area contributed by atoms with E-state index in [0.29, 0.717) is 12.2 Å². The van der Waals surface area contributed by atoms with Crippen LogP contribution < -0.4 is 5.48 Å². The summed E-state index contributed by atoms with van der Waals surface area (Å²) in [6.45, 7) is 10.2. The molecule has 1 aliphatic rings. The highest BCUT2D eigenvalue weighted by atomic mass is 16.6. The third-order valence-electron chi connectivity index (χ3n) is 3.89. The third kappa shape index (κ3) is 4.83. The van der Waals surface area contributed by atoms with E-state index in [0.717, 1.165) is 19.6 Å². The molecule has 1 aromatic carbocycles. The molecule has 4 nitrogen and oxygen atoms in total. The van der Waals surface area contributed by atoms with Crippen molar-refractivity contribution in [2.75, 3.05) is 26.2 Å². The number of likely N-dealkylation sites (tertiary alicyclic amines) is 1. The predicted octanol–water partition coefficient (Wildman–Crippen LogP) is 2.74. The van der Waals surface area contributed by atoms with Gasteiger partial charge in [-0.1, -0.05) is 32.9 Å². The number of benzene rings is 1. The van der Waals surface area contributed by atoms with Gasteiger partial charge in [0, 0.05) is 12.1 Å². The van der Waals surface area contributed by atoms with Gasteiger partial charge in [-0.25, -0.2) is 5.48 Å². The van der Waals surface area contributed by atoms with E-state index < -0.39 is 0 Å². The molecule has 1 heterocycles. The smallest absolute Gasteiger partial charge is 0.274 e. The molecule has 0 unspecified atom stereocenters. The number of rotatable bonds is 5. The van der Waals surface area contributed by atoms with E-state index in [1.807, 2.05) is 24.3 Å². The Bertz CT molecular complexity index is 457. The largest absolute Gasteiger partial charge is 0.301 e. The zero-order chi connectivity index (χ0) is 15.3. The average Bonchev–Trinajstić information content (AvgIpc) is 2.96. The van der Waals surface area contributed by atoms with Crippen molar-refractivity contribution in [3.05, 3.63) is 35.4 Å². The monoisotopic (exact) mass is 290 g/mol. The number of amides is 1. The highest BCUT2D eigenvalue weighted by molar-refractivity contribution is 5.93. The van der Waals surface area contributed by atoms with Crippen LogP contribution in [0.4, 0.5) is 0 Å². The van der Waals surface area contributed by atoms with Crippen LogP contribution in [-0.2, 0) is 10.3 Å². The molecule has 116 valence electrons. The van der Waals surface area contributed by atoms with Crippen LogP contribution in [0, 0.1) is 0 Å². The standard InChI is InChI=1S/C17H26N2O2/c1-17(2,3)15-8-6-14(7-9-15)16(20)18-21-13-12-19-10-4-5-11-19/h6-9H,4-5,10-13H2,1-3H3,(H,18,20).